The molecule has 0 aliphatic carbocycles. The average molecular weight is 412 g/mol. The molecule has 0 saturated carbocycles. The van der Waals surface area contributed by atoms with E-state index < -0.39 is 0 Å². The molecule has 1 aliphatic heterocycles. The van der Waals surface area contributed by atoms with E-state index in [9.17, 15) is 9.59 Å². The van der Waals surface area contributed by atoms with Crippen molar-refractivity contribution in [2.24, 2.45) is 0 Å². The summed E-state index contributed by atoms with van der Waals surface area (Å²) >= 11 is 1.37. The van der Waals surface area contributed by atoms with Gasteiger partial charge in [-0.2, -0.15) is 0 Å². The van der Waals surface area contributed by atoms with Gasteiger partial charge in [0.05, 0.1) is 10.2 Å². The van der Waals surface area contributed by atoms with Gasteiger partial charge in [-0.25, -0.2) is 9.78 Å². The van der Waals surface area contributed by atoms with Crippen molar-refractivity contribution in [3.63, 3.8) is 0 Å². The van der Waals surface area contributed by atoms with E-state index in [0.717, 1.165) is 15.8 Å². The van der Waals surface area contributed by atoms with E-state index in [0.29, 0.717) is 47.6 Å². The van der Waals surface area contributed by atoms with Gasteiger partial charge < -0.3 is 25.4 Å². The molecule has 29 heavy (non-hydrogen) atoms. The molecule has 2 heterocycles. The van der Waals surface area contributed by atoms with E-state index in [-0.39, 0.29) is 11.9 Å². The van der Waals surface area contributed by atoms with Crippen LogP contribution in [0, 0.1) is 6.92 Å². The van der Waals surface area contributed by atoms with Crippen molar-refractivity contribution in [1.29, 1.82) is 0 Å². The zero-order chi connectivity index (χ0) is 20.4. The molecular formula is C20H20N4O4S. The highest BCUT2D eigenvalue weighted by molar-refractivity contribution is 7.22. The first kappa shape index (κ1) is 19.0. The summed E-state index contributed by atoms with van der Waals surface area (Å²) in [7, 11) is 0. The lowest BCUT2D eigenvalue weighted by molar-refractivity contribution is -0.115. The van der Waals surface area contributed by atoms with Gasteiger partial charge >= 0.3 is 6.03 Å². The van der Waals surface area contributed by atoms with Crippen molar-refractivity contribution in [1.82, 2.24) is 4.98 Å². The lowest BCUT2D eigenvalue weighted by Crippen LogP contribution is -2.20. The van der Waals surface area contributed by atoms with Gasteiger partial charge in [-0.15, -0.1) is 0 Å². The molecule has 3 amide bonds. The molecule has 9 heteroatoms. The zero-order valence-electron chi connectivity index (χ0n) is 16.0. The number of carbonyl (C=O) groups excluding carboxylic acids is 2. The number of rotatable bonds is 4. The fourth-order valence-electron chi connectivity index (χ4n) is 2.94. The zero-order valence-corrected chi connectivity index (χ0v) is 16.8. The van der Waals surface area contributed by atoms with Crippen LogP contribution >= 0.6 is 11.3 Å². The summed E-state index contributed by atoms with van der Waals surface area (Å²) in [6.07, 6.45) is 0.391. The van der Waals surface area contributed by atoms with Crippen LogP contribution in [0.3, 0.4) is 0 Å². The predicted octanol–water partition coefficient (Wildman–Crippen LogP) is 4.37. The number of amides is 3. The Morgan fingerprint density at radius 3 is 2.59 bits per heavy atom. The van der Waals surface area contributed by atoms with Crippen LogP contribution in [0.5, 0.6) is 11.5 Å². The van der Waals surface area contributed by atoms with Crippen molar-refractivity contribution in [3.8, 4) is 11.5 Å². The minimum Gasteiger partial charge on any atom is -0.486 e. The Kier molecular flexibility index (Phi) is 5.22. The third-order valence-corrected chi connectivity index (χ3v) is 5.23. The van der Waals surface area contributed by atoms with Gasteiger partial charge in [-0.1, -0.05) is 18.3 Å². The first-order valence-electron chi connectivity index (χ1n) is 9.20. The lowest BCUT2D eigenvalue weighted by Gasteiger charge is -2.19. The van der Waals surface area contributed by atoms with Gasteiger partial charge in [0.2, 0.25) is 5.91 Å². The molecule has 0 spiro atoms. The van der Waals surface area contributed by atoms with Crippen molar-refractivity contribution >= 4 is 50.0 Å². The molecule has 3 aromatic rings. The molecule has 0 bridgehead atoms. The fraction of sp³-hybridized carbons (Fsp3) is 0.250. The monoisotopic (exact) mass is 412 g/mol. The Labute approximate surface area is 171 Å². The molecule has 150 valence electrons. The highest BCUT2D eigenvalue weighted by Gasteiger charge is 2.14. The van der Waals surface area contributed by atoms with E-state index >= 15 is 0 Å². The number of aryl methyl sites for hydroxylation is 1. The van der Waals surface area contributed by atoms with Crippen LogP contribution in [0.1, 0.15) is 18.9 Å². The van der Waals surface area contributed by atoms with Crippen LogP contribution in [-0.4, -0.2) is 30.1 Å². The number of carbonyl (C=O) groups is 2. The van der Waals surface area contributed by atoms with Crippen LogP contribution in [0.2, 0.25) is 0 Å². The molecule has 0 fully saturated rings. The number of nitrogens with one attached hydrogen (secondary N) is 3. The number of urea groups is 1. The smallest absolute Gasteiger partial charge is 0.323 e. The number of ether oxygens (including phenoxy) is 2. The molecule has 0 unspecified atom stereocenters. The SMILES string of the molecule is CCC(=O)Nc1nc2c(C)cc(NC(=O)Nc3ccc4c(c3)OCCO4)cc2s1. The summed E-state index contributed by atoms with van der Waals surface area (Å²) in [5.41, 5.74) is 2.96. The van der Waals surface area contributed by atoms with E-state index in [1.54, 1.807) is 25.1 Å². The second-order valence-corrected chi connectivity index (χ2v) is 7.53. The van der Waals surface area contributed by atoms with Gasteiger partial charge in [0.1, 0.15) is 13.2 Å². The van der Waals surface area contributed by atoms with E-state index in [1.165, 1.54) is 11.3 Å². The predicted molar refractivity (Wildman–Crippen MR) is 113 cm³/mol. The normalized spacial score (nSPS) is 12.5. The largest absolute Gasteiger partial charge is 0.486 e. The fourth-order valence-corrected chi connectivity index (χ4v) is 3.94. The van der Waals surface area contributed by atoms with Crippen LogP contribution in [-0.2, 0) is 4.79 Å². The third-order valence-electron chi connectivity index (χ3n) is 4.31. The summed E-state index contributed by atoms with van der Waals surface area (Å²) in [5, 5.41) is 8.95. The maximum absolute atomic E-state index is 12.4. The Bertz CT molecular complexity index is 1100. The van der Waals surface area contributed by atoms with Crippen molar-refractivity contribution in [3.05, 3.63) is 35.9 Å². The molecule has 0 saturated heterocycles. The summed E-state index contributed by atoms with van der Waals surface area (Å²) in [5.74, 6) is 1.19. The summed E-state index contributed by atoms with van der Waals surface area (Å²) in [6, 6.07) is 8.57. The Balaban J connectivity index is 1.48. The number of aromatic nitrogens is 1. The minimum atomic E-state index is -0.371. The van der Waals surface area contributed by atoms with Crippen molar-refractivity contribution in [2.75, 3.05) is 29.2 Å². The van der Waals surface area contributed by atoms with Gasteiger partial charge in [0, 0.05) is 23.9 Å². The van der Waals surface area contributed by atoms with Crippen molar-refractivity contribution in [2.45, 2.75) is 20.3 Å². The van der Waals surface area contributed by atoms with Crippen LogP contribution in [0.4, 0.5) is 21.3 Å². The van der Waals surface area contributed by atoms with Gasteiger partial charge in [-0.05, 0) is 36.8 Å². The lowest BCUT2D eigenvalue weighted by atomic mass is 10.2. The highest BCUT2D eigenvalue weighted by atomic mass is 32.1. The number of hydrogen-bond donors (Lipinski definition) is 3. The molecule has 8 nitrogen and oxygen atoms in total. The Morgan fingerprint density at radius 1 is 1.03 bits per heavy atom. The first-order chi connectivity index (χ1) is 14.0. The Morgan fingerprint density at radius 2 is 1.79 bits per heavy atom. The first-order valence-corrected chi connectivity index (χ1v) is 10.0. The number of fused-ring (bicyclic) bond motifs is 2. The van der Waals surface area contributed by atoms with Crippen LogP contribution < -0.4 is 25.4 Å². The van der Waals surface area contributed by atoms with Crippen LogP contribution in [0.25, 0.3) is 10.2 Å². The summed E-state index contributed by atoms with van der Waals surface area (Å²) < 4.78 is 11.9. The van der Waals surface area contributed by atoms with E-state index in [4.69, 9.17) is 9.47 Å². The van der Waals surface area contributed by atoms with Crippen LogP contribution in [0.15, 0.2) is 30.3 Å². The third kappa shape index (κ3) is 4.24. The highest BCUT2D eigenvalue weighted by Crippen LogP contribution is 2.33. The topological polar surface area (TPSA) is 102 Å². The summed E-state index contributed by atoms with van der Waals surface area (Å²) in [4.78, 5) is 28.5. The van der Waals surface area contributed by atoms with E-state index in [2.05, 4.69) is 20.9 Å². The quantitative estimate of drug-likeness (QED) is 0.591. The molecule has 1 aromatic heterocycles. The number of hydrogen-bond acceptors (Lipinski definition) is 6. The van der Waals surface area contributed by atoms with E-state index in [1.807, 2.05) is 19.1 Å². The average Bonchev–Trinajstić information content (AvgIpc) is 3.10. The van der Waals surface area contributed by atoms with Crippen molar-refractivity contribution < 1.29 is 19.1 Å². The second-order valence-electron chi connectivity index (χ2n) is 6.50. The molecule has 0 atom stereocenters. The minimum absolute atomic E-state index is 0.0844. The number of anilines is 3. The maximum Gasteiger partial charge on any atom is 0.323 e. The molecular weight excluding hydrogens is 392 g/mol. The Hall–Kier alpha value is -3.33. The molecule has 4 rings (SSSR count). The number of nitrogens with zero attached hydrogens (tertiary/aromatic N) is 1. The summed E-state index contributed by atoms with van der Waals surface area (Å²) in [6.45, 7) is 4.70. The number of benzene rings is 2. The van der Waals surface area contributed by atoms with Gasteiger partial charge in [-0.3, -0.25) is 4.79 Å². The molecule has 2 aromatic carbocycles. The molecule has 1 aliphatic rings. The molecule has 0 radical (unpaired) electrons. The van der Waals surface area contributed by atoms with Gasteiger partial charge in [0.25, 0.3) is 0 Å². The maximum atomic E-state index is 12.4. The second kappa shape index (κ2) is 7.96. The number of thiazole rings is 1. The standard InChI is InChI=1S/C20H20N4O4S/c1-3-17(25)23-20-24-18-11(2)8-13(10-16(18)29-20)22-19(26)21-12-4-5-14-15(9-12)28-7-6-27-14/h4-5,8-10H,3,6-7H2,1-2H3,(H2,21,22,26)(H,23,24,25). The molecule has 3 N–H and O–H groups in total. The van der Waals surface area contributed by atoms with Gasteiger partial charge in [0.15, 0.2) is 16.6 Å².